The highest BCUT2D eigenvalue weighted by atomic mass is 31.2. The van der Waals surface area contributed by atoms with Crippen LogP contribution >= 0.6 is 7.82 Å². The summed E-state index contributed by atoms with van der Waals surface area (Å²) in [6.07, 6.45) is 97.3. The number of hydrogen-bond donors (Lipinski definition) is 3. The van der Waals surface area contributed by atoms with Gasteiger partial charge in [0.15, 0.2) is 0 Å². The van der Waals surface area contributed by atoms with Crippen LogP contribution in [-0.4, -0.2) is 73.4 Å². The van der Waals surface area contributed by atoms with Crippen LogP contribution in [0.1, 0.15) is 284 Å². The van der Waals surface area contributed by atoms with E-state index in [0.29, 0.717) is 17.4 Å². The highest BCUT2D eigenvalue weighted by molar-refractivity contribution is 7.47. The van der Waals surface area contributed by atoms with Crippen LogP contribution in [0.25, 0.3) is 0 Å². The first-order valence-electron chi connectivity index (χ1n) is 34.6. The van der Waals surface area contributed by atoms with Gasteiger partial charge < -0.3 is 19.8 Å². The number of allylic oxidation sites excluding steroid dienone is 21. The third-order valence-electron chi connectivity index (χ3n) is 14.9. The molecule has 3 unspecified atom stereocenters. The maximum absolute atomic E-state index is 13.0. The highest BCUT2D eigenvalue weighted by Gasteiger charge is 2.28. The molecule has 0 saturated heterocycles. The summed E-state index contributed by atoms with van der Waals surface area (Å²) >= 11 is 0. The van der Waals surface area contributed by atoms with E-state index in [1.54, 1.807) is 6.08 Å². The molecule has 84 heavy (non-hydrogen) atoms. The Morgan fingerprint density at radius 2 is 0.726 bits per heavy atom. The zero-order valence-corrected chi connectivity index (χ0v) is 56.0. The van der Waals surface area contributed by atoms with Gasteiger partial charge >= 0.3 is 7.82 Å². The minimum Gasteiger partial charge on any atom is -0.387 e. The molecule has 0 rings (SSSR count). The molecule has 482 valence electrons. The van der Waals surface area contributed by atoms with Gasteiger partial charge in [-0.3, -0.25) is 13.8 Å². The van der Waals surface area contributed by atoms with E-state index in [0.717, 1.165) is 96.3 Å². The van der Waals surface area contributed by atoms with Gasteiger partial charge in [-0.2, -0.15) is 0 Å². The van der Waals surface area contributed by atoms with Crippen LogP contribution in [0.5, 0.6) is 0 Å². The lowest BCUT2D eigenvalue weighted by atomic mass is 10.0. The molecule has 0 saturated carbocycles. The first-order chi connectivity index (χ1) is 41.0. The molecule has 0 spiro atoms. The van der Waals surface area contributed by atoms with E-state index in [4.69, 9.17) is 9.05 Å². The third kappa shape index (κ3) is 66.2. The maximum Gasteiger partial charge on any atom is 0.472 e. The fraction of sp³-hybridized carbons (Fsp3) is 0.693. The minimum atomic E-state index is -4.37. The van der Waals surface area contributed by atoms with Gasteiger partial charge in [-0.25, -0.2) is 4.57 Å². The predicted octanol–water partition coefficient (Wildman–Crippen LogP) is 22.2. The molecule has 0 aromatic rings. The van der Waals surface area contributed by atoms with Crippen molar-refractivity contribution < 1.29 is 32.9 Å². The molecule has 0 aromatic carbocycles. The van der Waals surface area contributed by atoms with Crippen LogP contribution in [0, 0.1) is 0 Å². The van der Waals surface area contributed by atoms with Crippen LogP contribution in [0.4, 0.5) is 0 Å². The second-order valence-electron chi connectivity index (χ2n) is 24.2. The fourth-order valence-corrected chi connectivity index (χ4v) is 10.3. The van der Waals surface area contributed by atoms with E-state index >= 15 is 0 Å². The van der Waals surface area contributed by atoms with Gasteiger partial charge in [0, 0.05) is 6.42 Å². The average Bonchev–Trinajstić information content (AvgIpc) is 3.56. The van der Waals surface area contributed by atoms with Gasteiger partial charge in [0.2, 0.25) is 5.91 Å². The SMILES string of the molecule is CC/C=C\C/C=C\C/C=C\C/C=C\C/C=C\C/C=C\C/C=C\C/C=C\C/C=C\CCCCCCCCCCCCCCCC(=O)NC(COP(=O)(O)OCC[N+](C)(C)C)C(O)/C=C/CC/C=C/CCCCCCCCCCCCCCCCC. The average molecular weight is 1190 g/mol. The van der Waals surface area contributed by atoms with Crippen molar-refractivity contribution in [1.29, 1.82) is 0 Å². The van der Waals surface area contributed by atoms with Crippen LogP contribution in [0.3, 0.4) is 0 Å². The summed E-state index contributed by atoms with van der Waals surface area (Å²) in [6.45, 7) is 4.69. The number of phosphoric ester groups is 1. The van der Waals surface area contributed by atoms with Crippen molar-refractivity contribution in [2.75, 3.05) is 40.9 Å². The monoisotopic (exact) mass is 1190 g/mol. The normalized spacial score (nSPS) is 14.5. The van der Waals surface area contributed by atoms with Gasteiger partial charge in [0.1, 0.15) is 13.2 Å². The summed E-state index contributed by atoms with van der Waals surface area (Å²) in [5.41, 5.74) is 0. The molecule has 0 fully saturated rings. The molecule has 0 heterocycles. The number of aliphatic hydroxyl groups excluding tert-OH is 1. The zero-order valence-electron chi connectivity index (χ0n) is 55.1. The Labute approximate surface area is 519 Å². The number of amides is 1. The summed E-state index contributed by atoms with van der Waals surface area (Å²) in [7, 11) is 1.55. The molecule has 1 amide bonds. The Kier molecular flexibility index (Phi) is 61.6. The van der Waals surface area contributed by atoms with Crippen LogP contribution in [-0.2, 0) is 18.4 Å². The lowest BCUT2D eigenvalue weighted by Gasteiger charge is -2.25. The number of quaternary nitrogens is 1. The van der Waals surface area contributed by atoms with Crippen molar-refractivity contribution in [3.63, 3.8) is 0 Å². The third-order valence-corrected chi connectivity index (χ3v) is 15.8. The molecule has 9 heteroatoms. The second-order valence-corrected chi connectivity index (χ2v) is 25.6. The molecule has 0 radical (unpaired) electrons. The topological polar surface area (TPSA) is 105 Å². The predicted molar refractivity (Wildman–Crippen MR) is 368 cm³/mol. The van der Waals surface area contributed by atoms with E-state index in [-0.39, 0.29) is 19.1 Å². The molecule has 0 aliphatic rings. The largest absolute Gasteiger partial charge is 0.472 e. The Hall–Kier alpha value is -3.36. The van der Waals surface area contributed by atoms with Gasteiger partial charge in [-0.1, -0.05) is 308 Å². The summed E-state index contributed by atoms with van der Waals surface area (Å²) in [5.74, 6) is -0.191. The second kappa shape index (κ2) is 64.1. The van der Waals surface area contributed by atoms with Crippen LogP contribution in [0.15, 0.2) is 134 Å². The standard InChI is InChI=1S/C75H131N2O6P/c1-6-8-10-12-14-16-18-20-22-24-26-28-29-30-31-32-33-34-35-36-37-38-39-40-41-42-43-44-45-46-47-49-51-53-55-57-59-61-63-65-67-69-75(79)76-73(72-83-84(80,81)82-71-70-77(3,4)5)74(78)68-66-64-62-60-58-56-54-52-50-48-27-25-23-21-19-17-15-13-11-9-7-2/h8,10,14,16,20,22,26,28,30-31,33-34,36-37,39-40,42-43,58,60,66,68,73-74,78H,6-7,9,11-13,15,17-19,21,23-25,27,29,32,35,38,41,44-57,59,61-65,67,69-72H2,1-5H3,(H-,76,79,80,81)/p+1/b10-8-,16-14-,22-20-,28-26-,31-30-,34-33-,37-36-,40-39-,43-42-,60-58+,68-66+. The smallest absolute Gasteiger partial charge is 0.387 e. The minimum absolute atomic E-state index is 0.0512. The molecule has 0 aromatic heterocycles. The molecule has 3 atom stereocenters. The number of nitrogens with one attached hydrogen (secondary N) is 1. The van der Waals surface area contributed by atoms with Gasteiger partial charge in [0.25, 0.3) is 0 Å². The molecule has 3 N–H and O–H groups in total. The number of nitrogens with zero attached hydrogens (tertiary/aromatic N) is 1. The van der Waals surface area contributed by atoms with Crippen molar-refractivity contribution >= 4 is 13.7 Å². The van der Waals surface area contributed by atoms with Crippen molar-refractivity contribution in [1.82, 2.24) is 5.32 Å². The van der Waals surface area contributed by atoms with E-state index in [1.165, 1.54) is 167 Å². The van der Waals surface area contributed by atoms with Crippen LogP contribution < -0.4 is 5.32 Å². The number of carbonyl (C=O) groups is 1. The molecular formula is C75H132N2O6P+. The van der Waals surface area contributed by atoms with E-state index in [9.17, 15) is 19.4 Å². The number of likely N-dealkylation sites (N-methyl/N-ethyl adjacent to an activating group) is 1. The van der Waals surface area contributed by atoms with Crippen molar-refractivity contribution in [3.8, 4) is 0 Å². The van der Waals surface area contributed by atoms with Gasteiger partial charge in [0.05, 0.1) is 39.9 Å². The summed E-state index contributed by atoms with van der Waals surface area (Å²) in [6, 6.07) is -0.873. The molecule has 0 aliphatic carbocycles. The van der Waals surface area contributed by atoms with E-state index in [1.807, 2.05) is 27.2 Å². The van der Waals surface area contributed by atoms with Crippen molar-refractivity contribution in [3.05, 3.63) is 134 Å². The van der Waals surface area contributed by atoms with Crippen LogP contribution in [0.2, 0.25) is 0 Å². The highest BCUT2D eigenvalue weighted by Crippen LogP contribution is 2.43. The number of aliphatic hydroxyl groups is 1. The Morgan fingerprint density at radius 3 is 1.10 bits per heavy atom. The Bertz CT molecular complexity index is 1830. The lowest BCUT2D eigenvalue weighted by molar-refractivity contribution is -0.870. The van der Waals surface area contributed by atoms with E-state index in [2.05, 4.69) is 141 Å². The number of phosphoric acid groups is 1. The first-order valence-corrected chi connectivity index (χ1v) is 36.1. The molecule has 8 nitrogen and oxygen atoms in total. The van der Waals surface area contributed by atoms with Gasteiger partial charge in [-0.15, -0.1) is 0 Å². The summed E-state index contributed by atoms with van der Waals surface area (Å²) < 4.78 is 23.8. The Balaban J connectivity index is 4.10. The zero-order chi connectivity index (χ0) is 61.2. The summed E-state index contributed by atoms with van der Waals surface area (Å²) in [5, 5.41) is 14.0. The quantitative estimate of drug-likeness (QED) is 0.0243. The molecular weight excluding hydrogens is 1060 g/mol. The number of rotatable bonds is 62. The van der Waals surface area contributed by atoms with Gasteiger partial charge in [-0.05, 0) is 103 Å². The fourth-order valence-electron chi connectivity index (χ4n) is 9.52. The van der Waals surface area contributed by atoms with Crippen molar-refractivity contribution in [2.45, 2.75) is 296 Å². The first kappa shape index (κ1) is 80.6. The van der Waals surface area contributed by atoms with E-state index < -0.39 is 20.0 Å². The van der Waals surface area contributed by atoms with Crippen molar-refractivity contribution in [2.24, 2.45) is 0 Å². The number of unbranched alkanes of at least 4 members (excludes halogenated alkanes) is 29. The Morgan fingerprint density at radius 1 is 0.417 bits per heavy atom. The number of hydrogen-bond acceptors (Lipinski definition) is 5. The lowest BCUT2D eigenvalue weighted by Crippen LogP contribution is -2.45. The molecule has 0 bridgehead atoms. The summed E-state index contributed by atoms with van der Waals surface area (Å²) in [4.78, 5) is 23.4. The maximum atomic E-state index is 13.0. The molecule has 0 aliphatic heterocycles. The number of carbonyl (C=O) groups excluding carboxylic acids is 1.